The molecule has 0 aromatic heterocycles. The van der Waals surface area contributed by atoms with E-state index in [0.29, 0.717) is 18.9 Å². The molecule has 0 spiro atoms. The Morgan fingerprint density at radius 1 is 0.889 bits per heavy atom. The van der Waals surface area contributed by atoms with E-state index in [2.05, 4.69) is 29.6 Å². The number of amides is 1. The minimum Gasteiger partial charge on any atom is -0.493 e. The molecule has 0 radical (unpaired) electrons. The highest BCUT2D eigenvalue weighted by molar-refractivity contribution is 5.79. The Bertz CT molecular complexity index is 1120. The Morgan fingerprint density at radius 3 is 2.31 bits per heavy atom. The zero-order valence-corrected chi connectivity index (χ0v) is 20.7. The summed E-state index contributed by atoms with van der Waals surface area (Å²) in [5, 5.41) is 13.4. The van der Waals surface area contributed by atoms with Crippen molar-refractivity contribution < 1.29 is 19.4 Å². The molecule has 1 fully saturated rings. The third-order valence-corrected chi connectivity index (χ3v) is 7.48. The largest absolute Gasteiger partial charge is 0.493 e. The minimum atomic E-state index is -0.683. The second-order valence-electron chi connectivity index (χ2n) is 9.94. The average Bonchev–Trinajstić information content (AvgIpc) is 3.25. The van der Waals surface area contributed by atoms with Gasteiger partial charge in [-0.3, -0.25) is 0 Å². The first-order valence-electron chi connectivity index (χ1n) is 13.2. The molecule has 1 saturated carbocycles. The molecule has 0 unspecified atom stereocenters. The van der Waals surface area contributed by atoms with Crippen molar-refractivity contribution in [3.05, 3.63) is 89.5 Å². The molecule has 3 aromatic rings. The normalized spacial score (nSPS) is 16.1. The zero-order chi connectivity index (χ0) is 24.7. The lowest BCUT2D eigenvalue weighted by Gasteiger charge is -2.22. The molecule has 188 valence electrons. The van der Waals surface area contributed by atoms with E-state index in [0.717, 1.165) is 17.9 Å². The molecular formula is C31H35NO4. The Morgan fingerprint density at radius 2 is 1.58 bits per heavy atom. The maximum Gasteiger partial charge on any atom is 0.407 e. The first-order valence-corrected chi connectivity index (χ1v) is 13.2. The average molecular weight is 486 g/mol. The number of hydrogen-bond acceptors (Lipinski definition) is 4. The van der Waals surface area contributed by atoms with Crippen LogP contribution < -0.4 is 10.1 Å². The van der Waals surface area contributed by atoms with Gasteiger partial charge in [0.15, 0.2) is 0 Å². The molecule has 5 heteroatoms. The lowest BCUT2D eigenvalue weighted by atomic mass is 9.90. The fourth-order valence-corrected chi connectivity index (χ4v) is 5.51. The maximum absolute atomic E-state index is 12.4. The highest BCUT2D eigenvalue weighted by Gasteiger charge is 2.29. The van der Waals surface area contributed by atoms with Gasteiger partial charge in [0.1, 0.15) is 12.4 Å². The number of nitrogens with one attached hydrogen (secondary N) is 1. The van der Waals surface area contributed by atoms with Crippen LogP contribution in [-0.2, 0) is 4.74 Å². The summed E-state index contributed by atoms with van der Waals surface area (Å²) in [6, 6.07) is 24.2. The van der Waals surface area contributed by atoms with Crippen LogP contribution in [0.2, 0.25) is 0 Å². The molecule has 2 aliphatic carbocycles. The van der Waals surface area contributed by atoms with E-state index in [-0.39, 0.29) is 12.5 Å². The lowest BCUT2D eigenvalue weighted by molar-refractivity contribution is 0.136. The summed E-state index contributed by atoms with van der Waals surface area (Å²) in [6.45, 7) is 1.34. The van der Waals surface area contributed by atoms with E-state index in [1.807, 2.05) is 48.5 Å². The third-order valence-electron chi connectivity index (χ3n) is 7.48. The molecule has 0 saturated heterocycles. The van der Waals surface area contributed by atoms with E-state index in [9.17, 15) is 9.90 Å². The van der Waals surface area contributed by atoms with Crippen LogP contribution in [0.3, 0.4) is 0 Å². The number of aliphatic hydroxyl groups is 1. The van der Waals surface area contributed by atoms with Gasteiger partial charge in [0.05, 0.1) is 12.7 Å². The predicted octanol–water partition coefficient (Wildman–Crippen LogP) is 6.61. The molecule has 0 aliphatic heterocycles. The Labute approximate surface area is 213 Å². The summed E-state index contributed by atoms with van der Waals surface area (Å²) in [7, 11) is 0. The third kappa shape index (κ3) is 5.73. The smallest absolute Gasteiger partial charge is 0.407 e. The molecule has 3 aromatic carbocycles. The second-order valence-corrected chi connectivity index (χ2v) is 9.94. The first-order chi connectivity index (χ1) is 17.7. The van der Waals surface area contributed by atoms with Crippen LogP contribution in [0.1, 0.15) is 67.2 Å². The molecule has 0 bridgehead atoms. The van der Waals surface area contributed by atoms with E-state index >= 15 is 0 Å². The van der Waals surface area contributed by atoms with Crippen molar-refractivity contribution in [3.8, 4) is 16.9 Å². The zero-order valence-electron chi connectivity index (χ0n) is 20.7. The van der Waals surface area contributed by atoms with Gasteiger partial charge in [0.2, 0.25) is 0 Å². The SMILES string of the molecule is O=C(NCC[C@@H](O)c1cccc(OCC2CCCCC2)c1)OCC1c2ccccc2-c2ccccc21. The van der Waals surface area contributed by atoms with Crippen molar-refractivity contribution in [2.45, 2.75) is 50.5 Å². The minimum absolute atomic E-state index is 0.0325. The van der Waals surface area contributed by atoms with E-state index in [1.165, 1.54) is 54.4 Å². The number of carbonyl (C=O) groups is 1. The lowest BCUT2D eigenvalue weighted by Crippen LogP contribution is -2.28. The molecule has 2 N–H and O–H groups in total. The van der Waals surface area contributed by atoms with E-state index in [1.54, 1.807) is 0 Å². The van der Waals surface area contributed by atoms with E-state index < -0.39 is 12.2 Å². The molecule has 1 amide bonds. The number of benzene rings is 3. The molecule has 5 nitrogen and oxygen atoms in total. The van der Waals surface area contributed by atoms with Crippen LogP contribution in [0, 0.1) is 5.92 Å². The Balaban J connectivity index is 1.08. The summed E-state index contributed by atoms with van der Waals surface area (Å²) in [5.41, 5.74) is 5.58. The molecule has 5 rings (SSSR count). The number of rotatable bonds is 9. The highest BCUT2D eigenvalue weighted by atomic mass is 16.5. The summed E-state index contributed by atoms with van der Waals surface area (Å²) < 4.78 is 11.6. The van der Waals surface area contributed by atoms with Gasteiger partial charge in [-0.1, -0.05) is 79.9 Å². The van der Waals surface area contributed by atoms with Crippen molar-refractivity contribution in [2.24, 2.45) is 5.92 Å². The summed E-state index contributed by atoms with van der Waals surface area (Å²) in [4.78, 5) is 12.4. The molecule has 0 heterocycles. The number of fused-ring (bicyclic) bond motifs is 3. The fraction of sp³-hybridized carbons (Fsp3) is 0.387. The summed E-state index contributed by atoms with van der Waals surface area (Å²) >= 11 is 0. The summed E-state index contributed by atoms with van der Waals surface area (Å²) in [5.74, 6) is 1.46. The number of hydrogen-bond donors (Lipinski definition) is 2. The van der Waals surface area contributed by atoms with Crippen LogP contribution in [0.5, 0.6) is 5.75 Å². The number of alkyl carbamates (subject to hydrolysis) is 1. The fourth-order valence-electron chi connectivity index (χ4n) is 5.51. The van der Waals surface area contributed by atoms with Crippen molar-refractivity contribution in [3.63, 3.8) is 0 Å². The van der Waals surface area contributed by atoms with Crippen LogP contribution in [0.4, 0.5) is 4.79 Å². The quantitative estimate of drug-likeness (QED) is 0.358. The van der Waals surface area contributed by atoms with Crippen molar-refractivity contribution in [2.75, 3.05) is 19.8 Å². The van der Waals surface area contributed by atoms with E-state index in [4.69, 9.17) is 9.47 Å². The topological polar surface area (TPSA) is 67.8 Å². The van der Waals surface area contributed by atoms with Crippen molar-refractivity contribution in [1.82, 2.24) is 5.32 Å². The van der Waals surface area contributed by atoms with Crippen LogP contribution >= 0.6 is 0 Å². The van der Waals surface area contributed by atoms with Gasteiger partial charge >= 0.3 is 6.09 Å². The number of aliphatic hydroxyl groups excluding tert-OH is 1. The van der Waals surface area contributed by atoms with Crippen LogP contribution in [0.25, 0.3) is 11.1 Å². The van der Waals surface area contributed by atoms with Crippen LogP contribution in [0.15, 0.2) is 72.8 Å². The Hall–Kier alpha value is -3.31. The molecule has 1 atom stereocenters. The number of ether oxygens (including phenoxy) is 2. The summed E-state index contributed by atoms with van der Waals surface area (Å²) in [6.07, 6.45) is 5.66. The molecule has 36 heavy (non-hydrogen) atoms. The van der Waals surface area contributed by atoms with Crippen molar-refractivity contribution in [1.29, 1.82) is 0 Å². The predicted molar refractivity (Wildman–Crippen MR) is 141 cm³/mol. The Kier molecular flexibility index (Phi) is 7.87. The second kappa shape index (κ2) is 11.6. The van der Waals surface area contributed by atoms with Gasteiger partial charge in [-0.15, -0.1) is 0 Å². The van der Waals surface area contributed by atoms with Gasteiger partial charge < -0.3 is 19.9 Å². The van der Waals surface area contributed by atoms with Crippen LogP contribution in [-0.4, -0.2) is 31.0 Å². The first kappa shape index (κ1) is 24.4. The standard InChI is InChI=1S/C31H35NO4/c33-30(23-11-8-12-24(19-23)35-20-22-9-2-1-3-10-22)17-18-32-31(34)36-21-29-27-15-6-4-13-25(27)26-14-5-7-16-28(26)29/h4-8,11-16,19,22,29-30,33H,1-3,9-10,17-18,20-21H2,(H,32,34)/t30-/m1/s1. The molecule has 2 aliphatic rings. The monoisotopic (exact) mass is 485 g/mol. The van der Waals surface area contributed by atoms with Gasteiger partial charge in [0.25, 0.3) is 0 Å². The van der Waals surface area contributed by atoms with Gasteiger partial charge in [-0.05, 0) is 65.1 Å². The highest BCUT2D eigenvalue weighted by Crippen LogP contribution is 2.44. The number of carbonyl (C=O) groups excluding carboxylic acids is 1. The van der Waals surface area contributed by atoms with Gasteiger partial charge in [0, 0.05) is 12.5 Å². The molecular weight excluding hydrogens is 450 g/mol. The van der Waals surface area contributed by atoms with Crippen molar-refractivity contribution >= 4 is 6.09 Å². The maximum atomic E-state index is 12.4. The van der Waals surface area contributed by atoms with Gasteiger partial charge in [-0.25, -0.2) is 4.79 Å². The van der Waals surface area contributed by atoms with Gasteiger partial charge in [-0.2, -0.15) is 0 Å².